The van der Waals surface area contributed by atoms with Gasteiger partial charge >= 0.3 is 11.8 Å². The maximum absolute atomic E-state index is 13.0. The van der Waals surface area contributed by atoms with Crippen LogP contribution in [0.25, 0.3) is 0 Å². The summed E-state index contributed by atoms with van der Waals surface area (Å²) in [7, 11) is 0. The molecule has 0 aromatic heterocycles. The van der Waals surface area contributed by atoms with Crippen molar-refractivity contribution in [3.63, 3.8) is 0 Å². The molecule has 0 radical (unpaired) electrons. The van der Waals surface area contributed by atoms with Crippen LogP contribution in [0.5, 0.6) is 11.5 Å². The molecular formula is C22H29N3O5. The molecular weight excluding hydrogens is 386 g/mol. The molecule has 2 fully saturated rings. The zero-order valence-corrected chi connectivity index (χ0v) is 17.2. The Morgan fingerprint density at radius 2 is 1.60 bits per heavy atom. The number of benzene rings is 1. The lowest BCUT2D eigenvalue weighted by atomic mass is 10.2. The van der Waals surface area contributed by atoms with E-state index >= 15 is 0 Å². The second-order valence-corrected chi connectivity index (χ2v) is 8.23. The van der Waals surface area contributed by atoms with Gasteiger partial charge in [0.1, 0.15) is 19.8 Å². The van der Waals surface area contributed by atoms with Crippen LogP contribution in [0.1, 0.15) is 51.4 Å². The monoisotopic (exact) mass is 415 g/mol. The Kier molecular flexibility index (Phi) is 6.40. The Labute approximate surface area is 176 Å². The third-order valence-corrected chi connectivity index (χ3v) is 6.05. The summed E-state index contributed by atoms with van der Waals surface area (Å²) in [5.74, 6) is -0.447. The summed E-state index contributed by atoms with van der Waals surface area (Å²) in [6.07, 6.45) is 7.84. The third-order valence-electron chi connectivity index (χ3n) is 6.05. The topological polar surface area (TPSA) is 97.0 Å². The van der Waals surface area contributed by atoms with Crippen LogP contribution in [0, 0.1) is 0 Å². The molecule has 2 N–H and O–H groups in total. The number of anilines is 1. The third kappa shape index (κ3) is 4.86. The summed E-state index contributed by atoms with van der Waals surface area (Å²) in [5.41, 5.74) is 0.458. The van der Waals surface area contributed by atoms with Gasteiger partial charge in [-0.2, -0.15) is 0 Å². The highest BCUT2D eigenvalue weighted by molar-refractivity contribution is 6.39. The molecule has 3 aliphatic rings. The van der Waals surface area contributed by atoms with Crippen molar-refractivity contribution in [1.82, 2.24) is 10.2 Å². The molecule has 2 saturated carbocycles. The Morgan fingerprint density at radius 3 is 2.33 bits per heavy atom. The van der Waals surface area contributed by atoms with Gasteiger partial charge in [0.05, 0.1) is 0 Å². The molecule has 0 saturated heterocycles. The number of hydrogen-bond donors (Lipinski definition) is 2. The van der Waals surface area contributed by atoms with Crippen molar-refractivity contribution in [3.05, 3.63) is 18.2 Å². The van der Waals surface area contributed by atoms with E-state index in [0.717, 1.165) is 51.4 Å². The molecule has 0 spiro atoms. The maximum atomic E-state index is 13.0. The van der Waals surface area contributed by atoms with Crippen LogP contribution in [0.4, 0.5) is 5.69 Å². The fraction of sp³-hybridized carbons (Fsp3) is 0.591. The summed E-state index contributed by atoms with van der Waals surface area (Å²) in [6.45, 7) is 0.847. The molecule has 0 unspecified atom stereocenters. The predicted octanol–water partition coefficient (Wildman–Crippen LogP) is 2.23. The van der Waals surface area contributed by atoms with E-state index in [9.17, 15) is 14.4 Å². The summed E-state index contributed by atoms with van der Waals surface area (Å²) in [5, 5.41) is 5.66. The highest BCUT2D eigenvalue weighted by atomic mass is 16.6. The summed E-state index contributed by atoms with van der Waals surface area (Å²) < 4.78 is 11.0. The molecule has 1 heterocycles. The number of fused-ring (bicyclic) bond motifs is 1. The minimum Gasteiger partial charge on any atom is -0.486 e. The number of ether oxygens (including phenoxy) is 2. The van der Waals surface area contributed by atoms with Gasteiger partial charge in [-0.1, -0.05) is 25.7 Å². The quantitative estimate of drug-likeness (QED) is 0.719. The van der Waals surface area contributed by atoms with Crippen LogP contribution in [-0.2, 0) is 14.4 Å². The van der Waals surface area contributed by atoms with E-state index in [2.05, 4.69) is 10.6 Å². The van der Waals surface area contributed by atoms with Crippen LogP contribution < -0.4 is 20.1 Å². The van der Waals surface area contributed by atoms with Crippen LogP contribution >= 0.6 is 0 Å². The molecule has 3 amide bonds. The Bertz CT molecular complexity index is 800. The van der Waals surface area contributed by atoms with Crippen molar-refractivity contribution in [2.75, 3.05) is 25.1 Å². The highest BCUT2D eigenvalue weighted by Gasteiger charge is 2.33. The van der Waals surface area contributed by atoms with Crippen LogP contribution in [0.15, 0.2) is 18.2 Å². The van der Waals surface area contributed by atoms with E-state index in [0.29, 0.717) is 30.4 Å². The van der Waals surface area contributed by atoms with Gasteiger partial charge in [-0.25, -0.2) is 0 Å². The molecule has 0 atom stereocenters. The standard InChI is InChI=1S/C22H29N3O5/c26-20(23-15-5-1-2-6-15)14-25(17-7-3-4-8-17)22(28)21(27)24-16-9-10-18-19(13-16)30-12-11-29-18/h9-10,13,15,17H,1-8,11-12,14H2,(H,23,26)(H,24,27). The number of hydrogen-bond acceptors (Lipinski definition) is 5. The maximum Gasteiger partial charge on any atom is 0.313 e. The molecule has 1 aromatic rings. The van der Waals surface area contributed by atoms with Crippen LogP contribution in [-0.4, -0.2) is 54.5 Å². The minimum absolute atomic E-state index is 0.0714. The lowest BCUT2D eigenvalue weighted by Gasteiger charge is -2.28. The molecule has 1 aliphatic heterocycles. The van der Waals surface area contributed by atoms with Crippen molar-refractivity contribution >= 4 is 23.4 Å². The smallest absolute Gasteiger partial charge is 0.313 e. The molecule has 2 aliphatic carbocycles. The lowest BCUT2D eigenvalue weighted by molar-refractivity contribution is -0.146. The van der Waals surface area contributed by atoms with Crippen molar-refractivity contribution in [2.24, 2.45) is 0 Å². The van der Waals surface area contributed by atoms with Gasteiger partial charge in [0.15, 0.2) is 11.5 Å². The average molecular weight is 415 g/mol. The summed E-state index contributed by atoms with van der Waals surface area (Å²) >= 11 is 0. The molecule has 162 valence electrons. The minimum atomic E-state index is -0.743. The van der Waals surface area contributed by atoms with Crippen LogP contribution in [0.2, 0.25) is 0 Å². The largest absolute Gasteiger partial charge is 0.486 e. The Hall–Kier alpha value is -2.77. The van der Waals surface area contributed by atoms with Crippen molar-refractivity contribution in [1.29, 1.82) is 0 Å². The molecule has 8 heteroatoms. The van der Waals surface area contributed by atoms with Gasteiger partial charge in [-0.3, -0.25) is 14.4 Å². The predicted molar refractivity (Wildman–Crippen MR) is 110 cm³/mol. The fourth-order valence-corrected chi connectivity index (χ4v) is 4.52. The highest BCUT2D eigenvalue weighted by Crippen LogP contribution is 2.32. The number of nitrogens with zero attached hydrogens (tertiary/aromatic N) is 1. The van der Waals surface area contributed by atoms with E-state index in [1.54, 1.807) is 18.2 Å². The zero-order valence-electron chi connectivity index (χ0n) is 17.2. The normalized spacial score (nSPS) is 18.8. The molecule has 0 bridgehead atoms. The summed E-state index contributed by atoms with van der Waals surface area (Å²) in [4.78, 5) is 39.7. The molecule has 30 heavy (non-hydrogen) atoms. The van der Waals surface area contributed by atoms with Crippen molar-refractivity contribution < 1.29 is 23.9 Å². The van der Waals surface area contributed by atoms with Crippen molar-refractivity contribution in [2.45, 2.75) is 63.5 Å². The number of carbonyl (C=O) groups excluding carboxylic acids is 3. The molecule has 1 aromatic carbocycles. The van der Waals surface area contributed by atoms with Gasteiger partial charge in [-0.15, -0.1) is 0 Å². The van der Waals surface area contributed by atoms with Gasteiger partial charge in [0.25, 0.3) is 0 Å². The Balaban J connectivity index is 1.41. The van der Waals surface area contributed by atoms with Gasteiger partial charge in [0, 0.05) is 23.8 Å². The first-order valence-electron chi connectivity index (χ1n) is 10.9. The second kappa shape index (κ2) is 9.36. The van der Waals surface area contributed by atoms with Gasteiger partial charge in [-0.05, 0) is 37.8 Å². The number of carbonyl (C=O) groups is 3. The van der Waals surface area contributed by atoms with E-state index in [4.69, 9.17) is 9.47 Å². The van der Waals surface area contributed by atoms with E-state index in [1.165, 1.54) is 4.90 Å². The first kappa shape index (κ1) is 20.5. The van der Waals surface area contributed by atoms with Crippen molar-refractivity contribution in [3.8, 4) is 11.5 Å². The second-order valence-electron chi connectivity index (χ2n) is 8.23. The average Bonchev–Trinajstić information content (AvgIpc) is 3.46. The van der Waals surface area contributed by atoms with E-state index in [1.807, 2.05) is 0 Å². The molecule has 4 rings (SSSR count). The lowest BCUT2D eigenvalue weighted by Crippen LogP contribution is -2.50. The molecule has 8 nitrogen and oxygen atoms in total. The van der Waals surface area contributed by atoms with Gasteiger partial charge < -0.3 is 25.0 Å². The number of nitrogens with one attached hydrogen (secondary N) is 2. The SMILES string of the molecule is O=C(CN(C(=O)C(=O)Nc1ccc2c(c1)OCCO2)C1CCCC1)NC1CCCC1. The van der Waals surface area contributed by atoms with E-state index < -0.39 is 11.8 Å². The fourth-order valence-electron chi connectivity index (χ4n) is 4.52. The first-order chi connectivity index (χ1) is 14.6. The summed E-state index contributed by atoms with van der Waals surface area (Å²) in [6, 6.07) is 5.14. The van der Waals surface area contributed by atoms with Gasteiger partial charge in [0.2, 0.25) is 5.91 Å². The Morgan fingerprint density at radius 1 is 0.933 bits per heavy atom. The number of amides is 3. The first-order valence-corrected chi connectivity index (χ1v) is 10.9. The van der Waals surface area contributed by atoms with E-state index in [-0.39, 0.29) is 24.5 Å². The number of rotatable bonds is 5. The van der Waals surface area contributed by atoms with Crippen LogP contribution in [0.3, 0.4) is 0 Å². The zero-order chi connectivity index (χ0) is 20.9.